The van der Waals surface area contributed by atoms with Crippen LogP contribution in [-0.2, 0) is 11.3 Å². The van der Waals surface area contributed by atoms with Crippen LogP contribution in [0.1, 0.15) is 17.4 Å². The molecule has 3 nitrogen and oxygen atoms in total. The minimum absolute atomic E-state index is 0.0958. The Morgan fingerprint density at radius 1 is 1.32 bits per heavy atom. The highest BCUT2D eigenvalue weighted by Gasteiger charge is 2.07. The summed E-state index contributed by atoms with van der Waals surface area (Å²) in [6.07, 6.45) is 0. The van der Waals surface area contributed by atoms with Crippen LogP contribution in [0.2, 0.25) is 0 Å². The number of carbonyl (C=O) groups excluding carboxylic acids is 1. The van der Waals surface area contributed by atoms with Crippen molar-refractivity contribution in [3.8, 4) is 0 Å². The summed E-state index contributed by atoms with van der Waals surface area (Å²) in [5, 5.41) is 7.88. The molecule has 0 aliphatic rings. The zero-order valence-corrected chi connectivity index (χ0v) is 11.6. The second kappa shape index (κ2) is 5.84. The van der Waals surface area contributed by atoms with Crippen molar-refractivity contribution in [2.45, 2.75) is 20.4 Å². The van der Waals surface area contributed by atoms with E-state index >= 15 is 0 Å². The van der Waals surface area contributed by atoms with Crippen LogP contribution < -0.4 is 10.6 Å². The maximum Gasteiger partial charge on any atom is 0.221 e. The lowest BCUT2D eigenvalue weighted by molar-refractivity contribution is -0.114. The van der Waals surface area contributed by atoms with Crippen molar-refractivity contribution in [3.63, 3.8) is 0 Å². The molecule has 2 rings (SSSR count). The van der Waals surface area contributed by atoms with Gasteiger partial charge in [-0.15, -0.1) is 11.3 Å². The Balaban J connectivity index is 2.08. The Morgan fingerprint density at radius 2 is 2.11 bits per heavy atom. The number of nitrogens with one attached hydrogen (secondary N) is 2. The Bertz CT molecular complexity index is 595. The molecule has 0 fully saturated rings. The summed E-state index contributed by atoms with van der Waals surface area (Å²) < 4.78 is 13.4. The molecule has 0 saturated carbocycles. The topological polar surface area (TPSA) is 41.1 Å². The Labute approximate surface area is 115 Å². The smallest absolute Gasteiger partial charge is 0.221 e. The highest BCUT2D eigenvalue weighted by Crippen LogP contribution is 2.25. The van der Waals surface area contributed by atoms with E-state index in [0.29, 0.717) is 12.1 Å². The first kappa shape index (κ1) is 13.5. The Kier molecular flexibility index (Phi) is 4.16. The number of rotatable bonds is 4. The number of thiophene rings is 1. The molecule has 1 heterocycles. The summed E-state index contributed by atoms with van der Waals surface area (Å²) in [5.74, 6) is -0.320. The molecular weight excluding hydrogens is 263 g/mol. The molecule has 0 radical (unpaired) electrons. The first-order valence-electron chi connectivity index (χ1n) is 5.91. The van der Waals surface area contributed by atoms with Crippen LogP contribution in [0.4, 0.5) is 15.8 Å². The van der Waals surface area contributed by atoms with Crippen LogP contribution in [0.25, 0.3) is 0 Å². The second-order valence-corrected chi connectivity index (χ2v) is 5.21. The van der Waals surface area contributed by atoms with Gasteiger partial charge < -0.3 is 10.6 Å². The molecule has 2 aromatic rings. The summed E-state index contributed by atoms with van der Waals surface area (Å²) in [6, 6.07) is 6.81. The number of benzene rings is 1. The van der Waals surface area contributed by atoms with Gasteiger partial charge in [-0.1, -0.05) is 6.07 Å². The quantitative estimate of drug-likeness (QED) is 0.894. The van der Waals surface area contributed by atoms with Crippen molar-refractivity contribution >= 4 is 28.6 Å². The van der Waals surface area contributed by atoms with Crippen LogP contribution in [0, 0.1) is 12.7 Å². The number of anilines is 2. The average Bonchev–Trinajstić information content (AvgIpc) is 2.78. The van der Waals surface area contributed by atoms with E-state index in [-0.39, 0.29) is 11.7 Å². The van der Waals surface area contributed by atoms with Gasteiger partial charge in [-0.05, 0) is 30.5 Å². The van der Waals surface area contributed by atoms with Crippen molar-refractivity contribution in [1.82, 2.24) is 0 Å². The first-order chi connectivity index (χ1) is 9.08. The average molecular weight is 278 g/mol. The standard InChI is InChI=1S/C14H15FN2OS/c1-9-11(15)4-3-5-12(9)16-8-14-13(6-7-19-14)17-10(2)18/h3-7,16H,8H2,1-2H3,(H,17,18). The van der Waals surface area contributed by atoms with Crippen LogP contribution in [-0.4, -0.2) is 5.91 Å². The molecule has 1 aromatic carbocycles. The summed E-state index contributed by atoms with van der Waals surface area (Å²) >= 11 is 1.55. The van der Waals surface area contributed by atoms with Crippen LogP contribution in [0.15, 0.2) is 29.6 Å². The van der Waals surface area contributed by atoms with Crippen LogP contribution in [0.3, 0.4) is 0 Å². The predicted molar refractivity (Wildman–Crippen MR) is 77.1 cm³/mol. The number of hydrogen-bond donors (Lipinski definition) is 2. The molecule has 1 amide bonds. The molecule has 0 spiro atoms. The molecule has 0 aliphatic carbocycles. The van der Waals surface area contributed by atoms with Gasteiger partial charge in [-0.2, -0.15) is 0 Å². The lowest BCUT2D eigenvalue weighted by atomic mass is 10.2. The lowest BCUT2D eigenvalue weighted by Gasteiger charge is -2.10. The van der Waals surface area contributed by atoms with Gasteiger partial charge in [0.25, 0.3) is 0 Å². The van der Waals surface area contributed by atoms with Crippen molar-refractivity contribution in [2.24, 2.45) is 0 Å². The summed E-state index contributed by atoms with van der Waals surface area (Å²) in [4.78, 5) is 12.1. The fraction of sp³-hybridized carbons (Fsp3) is 0.214. The van der Waals surface area contributed by atoms with E-state index in [1.165, 1.54) is 13.0 Å². The van der Waals surface area contributed by atoms with Gasteiger partial charge in [-0.3, -0.25) is 4.79 Å². The third kappa shape index (κ3) is 3.32. The van der Waals surface area contributed by atoms with Crippen LogP contribution >= 0.6 is 11.3 Å². The molecule has 19 heavy (non-hydrogen) atoms. The number of amides is 1. The van der Waals surface area contributed by atoms with Gasteiger partial charge in [0.05, 0.1) is 12.2 Å². The van der Waals surface area contributed by atoms with Crippen molar-refractivity contribution in [3.05, 3.63) is 45.9 Å². The van der Waals surface area contributed by atoms with Gasteiger partial charge >= 0.3 is 0 Å². The molecule has 0 aliphatic heterocycles. The maximum absolute atomic E-state index is 13.4. The molecule has 0 bridgehead atoms. The minimum atomic E-state index is -0.224. The number of carbonyl (C=O) groups is 1. The molecule has 5 heteroatoms. The zero-order chi connectivity index (χ0) is 13.8. The van der Waals surface area contributed by atoms with Gasteiger partial charge in [0, 0.05) is 23.1 Å². The van der Waals surface area contributed by atoms with Crippen molar-refractivity contribution in [1.29, 1.82) is 0 Å². The molecule has 0 atom stereocenters. The third-order valence-electron chi connectivity index (χ3n) is 2.76. The normalized spacial score (nSPS) is 10.3. The molecule has 1 aromatic heterocycles. The van der Waals surface area contributed by atoms with Gasteiger partial charge in [0.2, 0.25) is 5.91 Å². The largest absolute Gasteiger partial charge is 0.380 e. The fourth-order valence-corrected chi connectivity index (χ4v) is 2.52. The Morgan fingerprint density at radius 3 is 2.84 bits per heavy atom. The van der Waals surface area contributed by atoms with E-state index in [4.69, 9.17) is 0 Å². The number of hydrogen-bond acceptors (Lipinski definition) is 3. The van der Waals surface area contributed by atoms with E-state index in [1.807, 2.05) is 17.5 Å². The maximum atomic E-state index is 13.4. The summed E-state index contributed by atoms with van der Waals surface area (Å²) in [6.45, 7) is 3.77. The van der Waals surface area contributed by atoms with Gasteiger partial charge in [0.1, 0.15) is 5.82 Å². The molecule has 2 N–H and O–H groups in total. The van der Waals surface area contributed by atoms with Crippen molar-refractivity contribution in [2.75, 3.05) is 10.6 Å². The van der Waals surface area contributed by atoms with Crippen molar-refractivity contribution < 1.29 is 9.18 Å². The molecule has 0 unspecified atom stereocenters. The molecule has 0 saturated heterocycles. The second-order valence-electron chi connectivity index (χ2n) is 4.20. The zero-order valence-electron chi connectivity index (χ0n) is 10.8. The fourth-order valence-electron chi connectivity index (χ4n) is 1.75. The highest BCUT2D eigenvalue weighted by molar-refractivity contribution is 7.10. The minimum Gasteiger partial charge on any atom is -0.380 e. The predicted octanol–water partition coefficient (Wildman–Crippen LogP) is 3.77. The van der Waals surface area contributed by atoms with E-state index in [1.54, 1.807) is 24.3 Å². The Hall–Kier alpha value is -1.88. The SMILES string of the molecule is CC(=O)Nc1ccsc1CNc1cccc(F)c1C. The van der Waals surface area contributed by atoms with Gasteiger partial charge in [0.15, 0.2) is 0 Å². The van der Waals surface area contributed by atoms with E-state index in [0.717, 1.165) is 16.3 Å². The molecule has 100 valence electrons. The highest BCUT2D eigenvalue weighted by atomic mass is 32.1. The third-order valence-corrected chi connectivity index (χ3v) is 3.68. The lowest BCUT2D eigenvalue weighted by Crippen LogP contribution is -2.08. The van der Waals surface area contributed by atoms with Gasteiger partial charge in [-0.25, -0.2) is 4.39 Å². The number of halogens is 1. The molecular formula is C14H15FN2OS. The summed E-state index contributed by atoms with van der Waals surface area (Å²) in [7, 11) is 0. The van der Waals surface area contributed by atoms with E-state index in [2.05, 4.69) is 10.6 Å². The van der Waals surface area contributed by atoms with E-state index in [9.17, 15) is 9.18 Å². The summed E-state index contributed by atoms with van der Waals surface area (Å²) in [5.41, 5.74) is 2.17. The monoisotopic (exact) mass is 278 g/mol. The first-order valence-corrected chi connectivity index (χ1v) is 6.79. The van der Waals surface area contributed by atoms with E-state index < -0.39 is 0 Å². The van der Waals surface area contributed by atoms with Crippen LogP contribution in [0.5, 0.6) is 0 Å².